The summed E-state index contributed by atoms with van der Waals surface area (Å²) in [6, 6.07) is 0.489. The van der Waals surface area contributed by atoms with Crippen molar-refractivity contribution in [3.8, 4) is 0 Å². The van der Waals surface area contributed by atoms with Gasteiger partial charge < -0.3 is 15.4 Å². The van der Waals surface area contributed by atoms with Crippen molar-refractivity contribution in [3.63, 3.8) is 0 Å². The molecule has 1 aliphatic rings. The number of nitrogens with one attached hydrogen (secondary N) is 2. The highest BCUT2D eigenvalue weighted by Gasteiger charge is 2.22. The first kappa shape index (κ1) is 13.5. The predicted octanol–water partition coefficient (Wildman–Crippen LogP) is 1.06. The van der Waals surface area contributed by atoms with Crippen LogP contribution in [0.4, 0.5) is 0 Å². The van der Waals surface area contributed by atoms with Crippen molar-refractivity contribution in [3.05, 3.63) is 0 Å². The summed E-state index contributed by atoms with van der Waals surface area (Å²) >= 11 is 0. The Hall–Kier alpha value is -0.610. The highest BCUT2D eigenvalue weighted by Crippen LogP contribution is 2.18. The van der Waals surface area contributed by atoms with Gasteiger partial charge in [-0.2, -0.15) is 0 Å². The van der Waals surface area contributed by atoms with Gasteiger partial charge in [0, 0.05) is 25.6 Å². The average molecular weight is 228 g/mol. The Kier molecular flexibility index (Phi) is 7.17. The molecular weight excluding hydrogens is 204 g/mol. The summed E-state index contributed by atoms with van der Waals surface area (Å²) in [4.78, 5) is 11.3. The summed E-state index contributed by atoms with van der Waals surface area (Å²) < 4.78 is 5.33. The van der Waals surface area contributed by atoms with Crippen molar-refractivity contribution in [1.82, 2.24) is 10.6 Å². The third kappa shape index (κ3) is 7.65. The van der Waals surface area contributed by atoms with Gasteiger partial charge in [-0.15, -0.1) is 0 Å². The Labute approximate surface area is 98.1 Å². The smallest absolute Gasteiger partial charge is 0.220 e. The van der Waals surface area contributed by atoms with E-state index in [1.807, 2.05) is 0 Å². The predicted molar refractivity (Wildman–Crippen MR) is 64.4 cm³/mol. The first-order valence-corrected chi connectivity index (χ1v) is 6.40. The van der Waals surface area contributed by atoms with E-state index in [0.717, 1.165) is 39.1 Å². The van der Waals surface area contributed by atoms with Gasteiger partial charge >= 0.3 is 0 Å². The van der Waals surface area contributed by atoms with E-state index in [4.69, 9.17) is 4.74 Å². The van der Waals surface area contributed by atoms with Crippen LogP contribution in [-0.4, -0.2) is 38.3 Å². The second-order valence-corrected chi connectivity index (χ2v) is 4.31. The molecule has 1 amide bonds. The van der Waals surface area contributed by atoms with Crippen molar-refractivity contribution in [2.75, 3.05) is 26.3 Å². The molecule has 0 aliphatic heterocycles. The molecule has 4 nitrogen and oxygen atoms in total. The zero-order valence-electron chi connectivity index (χ0n) is 10.3. The summed E-state index contributed by atoms with van der Waals surface area (Å²) in [7, 11) is 0. The quantitative estimate of drug-likeness (QED) is 0.550. The van der Waals surface area contributed by atoms with Crippen molar-refractivity contribution < 1.29 is 9.53 Å². The average Bonchev–Trinajstić information content (AvgIpc) is 3.06. The minimum absolute atomic E-state index is 0.200. The maximum atomic E-state index is 11.3. The maximum absolute atomic E-state index is 11.3. The fourth-order valence-electron chi connectivity index (χ4n) is 1.42. The van der Waals surface area contributed by atoms with E-state index in [-0.39, 0.29) is 5.91 Å². The first-order chi connectivity index (χ1) is 7.83. The molecule has 0 aromatic carbocycles. The van der Waals surface area contributed by atoms with E-state index in [2.05, 4.69) is 17.6 Å². The fraction of sp³-hybridized carbons (Fsp3) is 0.917. The molecule has 0 unspecified atom stereocenters. The zero-order valence-corrected chi connectivity index (χ0v) is 10.3. The molecule has 0 atom stereocenters. The van der Waals surface area contributed by atoms with E-state index in [9.17, 15) is 4.79 Å². The van der Waals surface area contributed by atoms with Gasteiger partial charge in [0.25, 0.3) is 0 Å². The van der Waals surface area contributed by atoms with E-state index in [1.54, 1.807) is 0 Å². The molecule has 0 spiro atoms. The summed E-state index contributed by atoms with van der Waals surface area (Å²) in [5.74, 6) is 0.200. The van der Waals surface area contributed by atoms with Crippen LogP contribution in [0.3, 0.4) is 0 Å². The highest BCUT2D eigenvalue weighted by molar-refractivity contribution is 5.76. The van der Waals surface area contributed by atoms with Crippen LogP contribution in [-0.2, 0) is 9.53 Å². The van der Waals surface area contributed by atoms with Gasteiger partial charge in [-0.3, -0.25) is 4.79 Å². The number of hydrogen-bond acceptors (Lipinski definition) is 3. The minimum Gasteiger partial charge on any atom is -0.380 e. The molecule has 0 saturated heterocycles. The Morgan fingerprint density at radius 2 is 2.12 bits per heavy atom. The fourth-order valence-corrected chi connectivity index (χ4v) is 1.42. The van der Waals surface area contributed by atoms with Gasteiger partial charge in [0.2, 0.25) is 5.91 Å². The summed E-state index contributed by atoms with van der Waals surface area (Å²) in [5.41, 5.74) is 0. The topological polar surface area (TPSA) is 50.4 Å². The van der Waals surface area contributed by atoms with Gasteiger partial charge in [-0.1, -0.05) is 6.92 Å². The van der Waals surface area contributed by atoms with Crippen LogP contribution in [0, 0.1) is 0 Å². The molecule has 94 valence electrons. The van der Waals surface area contributed by atoms with Crippen LogP contribution in [0.15, 0.2) is 0 Å². The van der Waals surface area contributed by atoms with Crippen molar-refractivity contribution in [1.29, 1.82) is 0 Å². The molecule has 1 aliphatic carbocycles. The molecule has 0 aromatic heterocycles. The first-order valence-electron chi connectivity index (χ1n) is 6.40. The zero-order chi connectivity index (χ0) is 11.6. The summed E-state index contributed by atoms with van der Waals surface area (Å²) in [5, 5.41) is 6.24. The molecule has 1 fully saturated rings. The van der Waals surface area contributed by atoms with Crippen LogP contribution in [0.2, 0.25) is 0 Å². The minimum atomic E-state index is 0.200. The number of amides is 1. The second-order valence-electron chi connectivity index (χ2n) is 4.31. The molecule has 1 saturated carbocycles. The number of rotatable bonds is 10. The largest absolute Gasteiger partial charge is 0.380 e. The summed E-state index contributed by atoms with van der Waals surface area (Å²) in [6.45, 7) is 5.48. The van der Waals surface area contributed by atoms with Crippen molar-refractivity contribution in [2.24, 2.45) is 0 Å². The molecule has 16 heavy (non-hydrogen) atoms. The van der Waals surface area contributed by atoms with Gasteiger partial charge in [-0.05, 0) is 32.2 Å². The van der Waals surface area contributed by atoms with E-state index in [1.165, 1.54) is 12.8 Å². The lowest BCUT2D eigenvalue weighted by Gasteiger charge is -2.05. The lowest BCUT2D eigenvalue weighted by molar-refractivity contribution is -0.121. The van der Waals surface area contributed by atoms with Crippen LogP contribution in [0.1, 0.15) is 39.0 Å². The second kappa shape index (κ2) is 8.53. The van der Waals surface area contributed by atoms with Crippen molar-refractivity contribution in [2.45, 2.75) is 45.1 Å². The third-order valence-corrected chi connectivity index (χ3v) is 2.47. The van der Waals surface area contributed by atoms with E-state index in [0.29, 0.717) is 12.5 Å². The van der Waals surface area contributed by atoms with E-state index >= 15 is 0 Å². The van der Waals surface area contributed by atoms with Crippen LogP contribution in [0.25, 0.3) is 0 Å². The maximum Gasteiger partial charge on any atom is 0.220 e. The van der Waals surface area contributed by atoms with Gasteiger partial charge in [0.1, 0.15) is 0 Å². The van der Waals surface area contributed by atoms with Crippen LogP contribution < -0.4 is 10.6 Å². The Morgan fingerprint density at radius 1 is 1.31 bits per heavy atom. The standard InChI is InChI=1S/C12H24N2O2/c1-2-9-16-10-8-13-7-3-4-12(15)14-11-5-6-11/h11,13H,2-10H2,1H3,(H,14,15). The molecule has 1 rings (SSSR count). The normalized spacial score (nSPS) is 15.1. The number of hydrogen-bond donors (Lipinski definition) is 2. The molecule has 0 bridgehead atoms. The Bertz CT molecular complexity index is 193. The van der Waals surface area contributed by atoms with Gasteiger partial charge in [0.05, 0.1) is 6.61 Å². The highest BCUT2D eigenvalue weighted by atomic mass is 16.5. The SMILES string of the molecule is CCCOCCNCCCC(=O)NC1CC1. The lowest BCUT2D eigenvalue weighted by atomic mass is 10.3. The number of carbonyl (C=O) groups is 1. The van der Waals surface area contributed by atoms with Crippen molar-refractivity contribution >= 4 is 5.91 Å². The number of carbonyl (C=O) groups excluding carboxylic acids is 1. The molecule has 0 radical (unpaired) electrons. The molecule has 0 aromatic rings. The summed E-state index contributed by atoms with van der Waals surface area (Å²) in [6.07, 6.45) is 4.95. The third-order valence-electron chi connectivity index (χ3n) is 2.47. The van der Waals surface area contributed by atoms with Gasteiger partial charge in [-0.25, -0.2) is 0 Å². The van der Waals surface area contributed by atoms with Crippen LogP contribution >= 0.6 is 0 Å². The molecule has 0 heterocycles. The molecular formula is C12H24N2O2. The molecule has 2 N–H and O–H groups in total. The Balaban J connectivity index is 1.75. The lowest BCUT2D eigenvalue weighted by Crippen LogP contribution is -2.27. The van der Waals surface area contributed by atoms with E-state index < -0.39 is 0 Å². The monoisotopic (exact) mass is 228 g/mol. The van der Waals surface area contributed by atoms with Gasteiger partial charge in [0.15, 0.2) is 0 Å². The van der Waals surface area contributed by atoms with Crippen LogP contribution in [0.5, 0.6) is 0 Å². The Morgan fingerprint density at radius 3 is 2.81 bits per heavy atom. The number of ether oxygens (including phenoxy) is 1. The molecule has 4 heteroatoms.